The number of likely N-dealkylation sites (N-methyl/N-ethyl adjacent to an activating group) is 1. The van der Waals surface area contributed by atoms with Crippen molar-refractivity contribution in [1.82, 2.24) is 10.2 Å². The number of hydrogen-bond acceptors (Lipinski definition) is 3. The van der Waals surface area contributed by atoms with E-state index in [9.17, 15) is 9.59 Å². The van der Waals surface area contributed by atoms with Crippen molar-refractivity contribution in [1.29, 1.82) is 0 Å². The summed E-state index contributed by atoms with van der Waals surface area (Å²) in [5, 5.41) is 11.7. The van der Waals surface area contributed by atoms with E-state index in [0.717, 1.165) is 0 Å². The summed E-state index contributed by atoms with van der Waals surface area (Å²) in [7, 11) is 1.64. The van der Waals surface area contributed by atoms with E-state index >= 15 is 0 Å². The van der Waals surface area contributed by atoms with Gasteiger partial charge in [-0.15, -0.1) is 0 Å². The van der Waals surface area contributed by atoms with Crippen molar-refractivity contribution in [3.8, 4) is 0 Å². The van der Waals surface area contributed by atoms with Crippen LogP contribution in [-0.2, 0) is 9.59 Å². The van der Waals surface area contributed by atoms with Gasteiger partial charge in [0.2, 0.25) is 11.8 Å². The van der Waals surface area contributed by atoms with E-state index in [1.54, 1.807) is 14.0 Å². The number of carbonyl (C=O) groups excluding carboxylic acids is 2. The first-order valence-electron chi connectivity index (χ1n) is 4.70. The van der Waals surface area contributed by atoms with Gasteiger partial charge in [-0.25, -0.2) is 0 Å². The van der Waals surface area contributed by atoms with Crippen molar-refractivity contribution >= 4 is 11.8 Å². The molecule has 0 saturated carbocycles. The molecular formula is C9H16N2O3. The zero-order valence-corrected chi connectivity index (χ0v) is 8.49. The molecule has 0 aromatic carbocycles. The van der Waals surface area contributed by atoms with Crippen LogP contribution in [0.5, 0.6) is 0 Å². The van der Waals surface area contributed by atoms with E-state index in [1.807, 2.05) is 0 Å². The molecule has 1 heterocycles. The van der Waals surface area contributed by atoms with Crippen LogP contribution < -0.4 is 5.32 Å². The number of rotatable bonds is 3. The van der Waals surface area contributed by atoms with Crippen molar-refractivity contribution in [2.24, 2.45) is 5.92 Å². The summed E-state index contributed by atoms with van der Waals surface area (Å²) in [6.07, 6.45) is -0.266. The zero-order valence-electron chi connectivity index (χ0n) is 8.49. The molecule has 1 aliphatic rings. The van der Waals surface area contributed by atoms with Crippen LogP contribution in [0.2, 0.25) is 0 Å². The molecule has 1 aliphatic heterocycles. The van der Waals surface area contributed by atoms with Gasteiger partial charge >= 0.3 is 0 Å². The molecule has 1 fully saturated rings. The number of aliphatic hydroxyl groups is 1. The molecule has 0 aromatic heterocycles. The van der Waals surface area contributed by atoms with Gasteiger partial charge in [-0.2, -0.15) is 0 Å². The van der Waals surface area contributed by atoms with E-state index in [4.69, 9.17) is 5.11 Å². The second kappa shape index (κ2) is 4.41. The maximum Gasteiger partial charge on any atom is 0.227 e. The van der Waals surface area contributed by atoms with E-state index in [1.165, 1.54) is 4.90 Å². The normalized spacial score (nSPS) is 23.1. The van der Waals surface area contributed by atoms with Crippen LogP contribution in [0.15, 0.2) is 0 Å². The summed E-state index contributed by atoms with van der Waals surface area (Å²) in [5.74, 6) is -0.413. The topological polar surface area (TPSA) is 69.6 Å². The molecule has 2 unspecified atom stereocenters. The Morgan fingerprint density at radius 3 is 2.86 bits per heavy atom. The maximum atomic E-state index is 11.6. The first-order chi connectivity index (χ1) is 6.50. The van der Waals surface area contributed by atoms with Gasteiger partial charge in [0, 0.05) is 26.6 Å². The molecule has 1 saturated heterocycles. The Hall–Kier alpha value is -1.10. The number of hydrogen-bond donors (Lipinski definition) is 2. The predicted octanol–water partition coefficient (Wildman–Crippen LogP) is -1.04. The van der Waals surface area contributed by atoms with Gasteiger partial charge in [0.15, 0.2) is 0 Å². The number of nitrogens with one attached hydrogen (secondary N) is 1. The largest absolute Gasteiger partial charge is 0.392 e. The average Bonchev–Trinajstić information content (AvgIpc) is 2.49. The van der Waals surface area contributed by atoms with Crippen LogP contribution >= 0.6 is 0 Å². The van der Waals surface area contributed by atoms with E-state index in [2.05, 4.69) is 5.32 Å². The molecule has 80 valence electrons. The minimum Gasteiger partial charge on any atom is -0.392 e. The van der Waals surface area contributed by atoms with E-state index in [-0.39, 0.29) is 24.2 Å². The highest BCUT2D eigenvalue weighted by Gasteiger charge is 2.30. The Morgan fingerprint density at radius 2 is 2.43 bits per heavy atom. The molecule has 0 aromatic rings. The molecule has 14 heavy (non-hydrogen) atoms. The minimum absolute atomic E-state index is 0.0752. The molecule has 2 atom stereocenters. The van der Waals surface area contributed by atoms with Crippen molar-refractivity contribution < 1.29 is 14.7 Å². The van der Waals surface area contributed by atoms with E-state index in [0.29, 0.717) is 13.1 Å². The highest BCUT2D eigenvalue weighted by atomic mass is 16.3. The molecule has 2 amide bonds. The third-order valence-electron chi connectivity index (χ3n) is 2.24. The quantitative estimate of drug-likeness (QED) is 0.611. The Balaban J connectivity index is 2.44. The molecule has 0 aliphatic carbocycles. The van der Waals surface area contributed by atoms with Crippen LogP contribution in [-0.4, -0.2) is 48.1 Å². The van der Waals surface area contributed by atoms with Gasteiger partial charge in [0.05, 0.1) is 12.0 Å². The number of amides is 2. The molecule has 0 spiro atoms. The van der Waals surface area contributed by atoms with Crippen LogP contribution in [0.3, 0.4) is 0 Å². The number of nitrogens with zero attached hydrogens (tertiary/aromatic N) is 1. The lowest BCUT2D eigenvalue weighted by molar-refractivity contribution is -0.135. The third-order valence-corrected chi connectivity index (χ3v) is 2.24. The summed E-state index contributed by atoms with van der Waals surface area (Å²) in [6.45, 7) is 2.35. The number of aliphatic hydroxyl groups excluding tert-OH is 1. The van der Waals surface area contributed by atoms with Gasteiger partial charge in [0.1, 0.15) is 0 Å². The summed E-state index contributed by atoms with van der Waals surface area (Å²) in [5.41, 5.74) is 0. The van der Waals surface area contributed by atoms with Crippen LogP contribution in [0.1, 0.15) is 13.3 Å². The molecule has 5 nitrogen and oxygen atoms in total. The Labute approximate surface area is 83.1 Å². The van der Waals surface area contributed by atoms with Gasteiger partial charge in [0.25, 0.3) is 0 Å². The van der Waals surface area contributed by atoms with Gasteiger partial charge < -0.3 is 15.3 Å². The fourth-order valence-corrected chi connectivity index (χ4v) is 1.58. The lowest BCUT2D eigenvalue weighted by Gasteiger charge is -2.21. The van der Waals surface area contributed by atoms with Crippen LogP contribution in [0.4, 0.5) is 0 Å². The monoisotopic (exact) mass is 200 g/mol. The molecule has 0 bridgehead atoms. The van der Waals surface area contributed by atoms with Crippen molar-refractivity contribution in [2.75, 3.05) is 20.1 Å². The predicted molar refractivity (Wildman–Crippen MR) is 50.4 cm³/mol. The van der Waals surface area contributed by atoms with Crippen molar-refractivity contribution in [2.45, 2.75) is 19.4 Å². The third kappa shape index (κ3) is 2.70. The summed E-state index contributed by atoms with van der Waals surface area (Å²) in [4.78, 5) is 24.0. The molecule has 1 rings (SSSR count). The average molecular weight is 200 g/mol. The van der Waals surface area contributed by atoms with Crippen molar-refractivity contribution in [3.63, 3.8) is 0 Å². The van der Waals surface area contributed by atoms with Gasteiger partial charge in [-0.1, -0.05) is 0 Å². The zero-order chi connectivity index (χ0) is 10.7. The number of carbonyl (C=O) groups is 2. The van der Waals surface area contributed by atoms with Crippen LogP contribution in [0, 0.1) is 5.92 Å². The Bertz CT molecular complexity index is 240. The second-order valence-electron chi connectivity index (χ2n) is 3.77. The first kappa shape index (κ1) is 11.0. The SMILES string of the molecule is CC(O)CN(C)C(=O)C1CNC(=O)C1. The highest BCUT2D eigenvalue weighted by Crippen LogP contribution is 2.11. The standard InChI is InChI=1S/C9H16N2O3/c1-6(12)5-11(2)9(14)7-3-8(13)10-4-7/h6-7,12H,3-5H2,1-2H3,(H,10,13). The summed E-state index contributed by atoms with van der Waals surface area (Å²) in [6, 6.07) is 0. The van der Waals surface area contributed by atoms with Gasteiger partial charge in [-0.3, -0.25) is 9.59 Å². The molecule has 0 radical (unpaired) electrons. The fourth-order valence-electron chi connectivity index (χ4n) is 1.58. The van der Waals surface area contributed by atoms with Crippen molar-refractivity contribution in [3.05, 3.63) is 0 Å². The minimum atomic E-state index is -0.533. The lowest BCUT2D eigenvalue weighted by atomic mass is 10.1. The Kier molecular flexibility index (Phi) is 3.46. The summed E-state index contributed by atoms with van der Waals surface area (Å²) < 4.78 is 0. The smallest absolute Gasteiger partial charge is 0.227 e. The second-order valence-corrected chi connectivity index (χ2v) is 3.77. The molecule has 5 heteroatoms. The van der Waals surface area contributed by atoms with Gasteiger partial charge in [-0.05, 0) is 6.92 Å². The first-order valence-corrected chi connectivity index (χ1v) is 4.70. The highest BCUT2D eigenvalue weighted by molar-refractivity contribution is 5.89. The lowest BCUT2D eigenvalue weighted by Crippen LogP contribution is -2.38. The van der Waals surface area contributed by atoms with E-state index < -0.39 is 6.10 Å². The fraction of sp³-hybridized carbons (Fsp3) is 0.778. The summed E-state index contributed by atoms with van der Waals surface area (Å²) >= 11 is 0. The Morgan fingerprint density at radius 1 is 1.79 bits per heavy atom. The maximum absolute atomic E-state index is 11.6. The molecular weight excluding hydrogens is 184 g/mol. The molecule has 2 N–H and O–H groups in total. The van der Waals surface area contributed by atoms with Crippen LogP contribution in [0.25, 0.3) is 0 Å².